The van der Waals surface area contributed by atoms with Gasteiger partial charge < -0.3 is 0 Å². The van der Waals surface area contributed by atoms with Crippen molar-refractivity contribution in [2.45, 2.75) is 70.8 Å². The molecule has 2 saturated heterocycles. The van der Waals surface area contributed by atoms with Crippen molar-refractivity contribution in [3.63, 3.8) is 0 Å². The summed E-state index contributed by atoms with van der Waals surface area (Å²) in [6.07, 6.45) is 1.82. The van der Waals surface area contributed by atoms with Crippen molar-refractivity contribution in [3.8, 4) is 0 Å². The second-order valence-electron chi connectivity index (χ2n) is 11.7. The number of imide groups is 2. The quantitative estimate of drug-likeness (QED) is 0.321. The monoisotopic (exact) mass is 569 g/mol. The van der Waals surface area contributed by atoms with Crippen LogP contribution in [0.5, 0.6) is 0 Å². The summed E-state index contributed by atoms with van der Waals surface area (Å²) in [5.74, 6) is -0.156. The first kappa shape index (κ1) is 27.6. The topological polar surface area (TPSA) is 131 Å². The van der Waals surface area contributed by atoms with Gasteiger partial charge in [-0.05, 0) is 54.0 Å². The van der Waals surface area contributed by atoms with Crippen molar-refractivity contribution in [2.75, 3.05) is 11.4 Å². The summed E-state index contributed by atoms with van der Waals surface area (Å²) < 4.78 is 3.78. The number of rotatable bonds is 7. The predicted octanol–water partition coefficient (Wildman–Crippen LogP) is 4.21. The molecule has 2 aliphatic rings. The third-order valence-electron chi connectivity index (χ3n) is 8.55. The Hall–Kier alpha value is -4.54. The molecule has 0 bridgehead atoms. The largest absolute Gasteiger partial charge is 0.329 e. The zero-order valence-electron chi connectivity index (χ0n) is 24.3. The lowest BCUT2D eigenvalue weighted by molar-refractivity contribution is -0.134. The lowest BCUT2D eigenvalue weighted by atomic mass is 9.92. The van der Waals surface area contributed by atoms with Gasteiger partial charge in [-0.3, -0.25) is 39.3 Å². The van der Waals surface area contributed by atoms with Crippen LogP contribution in [0.3, 0.4) is 0 Å². The fourth-order valence-electron chi connectivity index (χ4n) is 5.97. The molecule has 6 rings (SSSR count). The molecule has 0 saturated carbocycles. The van der Waals surface area contributed by atoms with E-state index in [2.05, 4.69) is 66.8 Å². The van der Waals surface area contributed by atoms with E-state index in [0.717, 1.165) is 39.5 Å². The Kier molecular flexibility index (Phi) is 7.04. The summed E-state index contributed by atoms with van der Waals surface area (Å²) in [5.41, 5.74) is 4.98. The zero-order chi connectivity index (χ0) is 29.7. The van der Waals surface area contributed by atoms with Crippen molar-refractivity contribution < 1.29 is 19.2 Å². The minimum absolute atomic E-state index is 0.190. The first-order valence-electron chi connectivity index (χ1n) is 14.5. The van der Waals surface area contributed by atoms with Crippen LogP contribution in [0.15, 0.2) is 36.4 Å². The van der Waals surface area contributed by atoms with E-state index in [1.54, 1.807) is 4.68 Å². The van der Waals surface area contributed by atoms with Crippen LogP contribution in [0.25, 0.3) is 21.8 Å². The molecule has 2 atom stereocenters. The summed E-state index contributed by atoms with van der Waals surface area (Å²) in [7, 11) is 1.85. The van der Waals surface area contributed by atoms with Crippen LogP contribution in [0.4, 0.5) is 10.6 Å². The first-order chi connectivity index (χ1) is 20.1. The molecule has 4 aromatic rings. The number of urea groups is 1. The summed E-state index contributed by atoms with van der Waals surface area (Å²) in [4.78, 5) is 50.1. The maximum Gasteiger partial charge on any atom is 0.329 e. The van der Waals surface area contributed by atoms with Crippen molar-refractivity contribution in [1.29, 1.82) is 0 Å². The van der Waals surface area contributed by atoms with Crippen molar-refractivity contribution in [2.24, 2.45) is 7.05 Å². The molecule has 2 N–H and O–H groups in total. The van der Waals surface area contributed by atoms with Crippen molar-refractivity contribution in [3.05, 3.63) is 53.2 Å². The molecule has 0 aliphatic carbocycles. The Morgan fingerprint density at radius 2 is 1.60 bits per heavy atom. The van der Waals surface area contributed by atoms with Crippen LogP contribution >= 0.6 is 0 Å². The van der Waals surface area contributed by atoms with E-state index >= 15 is 0 Å². The number of hydrogen-bond acceptors (Lipinski definition) is 6. The highest BCUT2D eigenvalue weighted by Gasteiger charge is 2.32. The summed E-state index contributed by atoms with van der Waals surface area (Å²) >= 11 is 0. The average Bonchev–Trinajstić information content (AvgIpc) is 3.48. The lowest BCUT2D eigenvalue weighted by Crippen LogP contribution is -2.49. The van der Waals surface area contributed by atoms with Gasteiger partial charge in [0.05, 0.1) is 22.6 Å². The molecule has 0 radical (unpaired) electrons. The molecule has 11 heteroatoms. The summed E-state index contributed by atoms with van der Waals surface area (Å²) in [6.45, 7) is 7.44. The van der Waals surface area contributed by atoms with E-state index in [-0.39, 0.29) is 30.1 Å². The number of benzene rings is 2. The standard InChI is InChI=1S/C31H35N7O4/c1-17(2)19-5-7-21-25(15-19)38(34-28(21)23-9-10-26(39)32-30(23)41)14-11-18(3)20-6-8-22-24(16-20)36(4)35-29(22)37-13-12-27(40)33-31(37)42/h5-8,15-18,23H,9-14H2,1-4H3,(H,32,39,41)(H,33,40,42). The van der Waals surface area contributed by atoms with Gasteiger partial charge in [-0.25, -0.2) is 4.79 Å². The fraction of sp³-hybridized carbons (Fsp3) is 0.419. The van der Waals surface area contributed by atoms with E-state index in [1.165, 1.54) is 10.5 Å². The molecular formula is C31H35N7O4. The normalized spacial score (nSPS) is 18.7. The smallest absolute Gasteiger partial charge is 0.296 e. The molecule has 0 spiro atoms. The average molecular weight is 570 g/mol. The molecule has 42 heavy (non-hydrogen) atoms. The van der Waals surface area contributed by atoms with Crippen LogP contribution in [-0.2, 0) is 28.0 Å². The highest BCUT2D eigenvalue weighted by molar-refractivity contribution is 6.09. The van der Waals surface area contributed by atoms with Gasteiger partial charge in [0.1, 0.15) is 0 Å². The number of carbonyl (C=O) groups excluding carboxylic acids is 4. The van der Waals surface area contributed by atoms with Gasteiger partial charge in [-0.15, -0.1) is 0 Å². The summed E-state index contributed by atoms with van der Waals surface area (Å²) in [6, 6.07) is 12.0. The van der Waals surface area contributed by atoms with Crippen LogP contribution in [0, 0.1) is 0 Å². The van der Waals surface area contributed by atoms with E-state index < -0.39 is 11.9 Å². The Balaban J connectivity index is 1.27. The second-order valence-corrected chi connectivity index (χ2v) is 11.7. The fourth-order valence-corrected chi connectivity index (χ4v) is 5.97. The van der Waals surface area contributed by atoms with E-state index in [1.807, 2.05) is 17.8 Å². The maximum absolute atomic E-state index is 12.7. The minimum Gasteiger partial charge on any atom is -0.296 e. The number of nitrogens with zero attached hydrogens (tertiary/aromatic N) is 5. The molecule has 4 heterocycles. The molecule has 2 aliphatic heterocycles. The Labute approximate surface area is 243 Å². The molecule has 218 valence electrons. The van der Waals surface area contributed by atoms with Crippen LogP contribution < -0.4 is 15.5 Å². The Morgan fingerprint density at radius 3 is 2.33 bits per heavy atom. The Morgan fingerprint density at radius 1 is 0.881 bits per heavy atom. The molecule has 5 amide bonds. The van der Waals surface area contributed by atoms with Crippen molar-refractivity contribution in [1.82, 2.24) is 30.2 Å². The van der Waals surface area contributed by atoms with Gasteiger partial charge in [0.15, 0.2) is 5.82 Å². The third kappa shape index (κ3) is 4.93. The molecule has 2 aromatic heterocycles. The number of fused-ring (bicyclic) bond motifs is 2. The number of hydrogen-bond donors (Lipinski definition) is 2. The number of amides is 5. The number of carbonyl (C=O) groups is 4. The van der Waals surface area contributed by atoms with Gasteiger partial charge in [-0.2, -0.15) is 10.2 Å². The molecular weight excluding hydrogens is 534 g/mol. The van der Waals surface area contributed by atoms with E-state index in [9.17, 15) is 19.2 Å². The van der Waals surface area contributed by atoms with Crippen LogP contribution in [0.2, 0.25) is 0 Å². The zero-order valence-corrected chi connectivity index (χ0v) is 24.3. The molecule has 2 aromatic carbocycles. The third-order valence-corrected chi connectivity index (χ3v) is 8.55. The molecule has 11 nitrogen and oxygen atoms in total. The number of anilines is 1. The predicted molar refractivity (Wildman–Crippen MR) is 158 cm³/mol. The summed E-state index contributed by atoms with van der Waals surface area (Å²) in [5, 5.41) is 16.2. The highest BCUT2D eigenvalue weighted by Crippen LogP contribution is 2.34. The lowest BCUT2D eigenvalue weighted by Gasteiger charge is -2.24. The number of aryl methyl sites for hydroxylation is 2. The SMILES string of the molecule is CC(C)c1ccc2c(C3CCC(=O)NC3=O)nn(CCC(C)c3ccc4c(N5CCC(=O)NC5=O)nn(C)c4c3)c2c1. The van der Waals surface area contributed by atoms with Gasteiger partial charge in [0, 0.05) is 43.8 Å². The number of aromatic nitrogens is 4. The minimum atomic E-state index is -0.451. The highest BCUT2D eigenvalue weighted by atomic mass is 16.2. The first-order valence-corrected chi connectivity index (χ1v) is 14.5. The Bertz CT molecular complexity index is 1750. The second kappa shape index (κ2) is 10.7. The van der Waals surface area contributed by atoms with Crippen LogP contribution in [-0.4, -0.2) is 49.9 Å². The number of nitrogens with one attached hydrogen (secondary N) is 2. The number of piperidine rings is 1. The van der Waals surface area contributed by atoms with E-state index in [4.69, 9.17) is 5.10 Å². The van der Waals surface area contributed by atoms with Gasteiger partial charge in [-0.1, -0.05) is 39.0 Å². The van der Waals surface area contributed by atoms with Gasteiger partial charge >= 0.3 is 6.03 Å². The molecule has 2 unspecified atom stereocenters. The van der Waals surface area contributed by atoms with Gasteiger partial charge in [0.2, 0.25) is 17.7 Å². The van der Waals surface area contributed by atoms with E-state index in [0.29, 0.717) is 37.7 Å². The van der Waals surface area contributed by atoms with Gasteiger partial charge in [0.25, 0.3) is 0 Å². The van der Waals surface area contributed by atoms with Crippen LogP contribution in [0.1, 0.15) is 81.0 Å². The molecule has 2 fully saturated rings. The maximum atomic E-state index is 12.7. The van der Waals surface area contributed by atoms with Crippen molar-refractivity contribution >= 4 is 51.4 Å².